The van der Waals surface area contributed by atoms with Gasteiger partial charge in [0.1, 0.15) is 12.9 Å². The van der Waals surface area contributed by atoms with E-state index in [9.17, 15) is 0 Å². The number of quaternary nitrogens is 1. The number of hydrogen-bond acceptors (Lipinski definition) is 1. The molecule has 0 amide bonds. The van der Waals surface area contributed by atoms with Crippen LogP contribution in [0.25, 0.3) is 27.3 Å². The summed E-state index contributed by atoms with van der Waals surface area (Å²) in [6, 6.07) is 17.0. The van der Waals surface area contributed by atoms with Gasteiger partial charge in [0.25, 0.3) is 0 Å². The number of aromatic nitrogens is 2. The van der Waals surface area contributed by atoms with Gasteiger partial charge in [-0.1, -0.05) is 36.4 Å². The molecule has 2 aromatic carbocycles. The van der Waals surface area contributed by atoms with Crippen LogP contribution in [0.1, 0.15) is 5.56 Å². The smallest absolute Gasteiger partial charge is 0.106 e. The Balaban J connectivity index is 2.22. The molecule has 4 rings (SSSR count). The number of benzene rings is 2. The van der Waals surface area contributed by atoms with Crippen LogP contribution in [0.15, 0.2) is 54.9 Å². The van der Waals surface area contributed by atoms with Gasteiger partial charge in [-0.25, -0.2) is 4.98 Å². The molecule has 3 nitrogen and oxygen atoms in total. The Morgan fingerprint density at radius 2 is 1.59 bits per heavy atom. The van der Waals surface area contributed by atoms with Crippen molar-refractivity contribution in [1.82, 2.24) is 9.38 Å². The lowest BCUT2D eigenvalue weighted by atomic mass is 10.1. The molecule has 0 saturated heterocycles. The first-order valence-corrected chi connectivity index (χ1v) is 7.60. The highest BCUT2D eigenvalue weighted by molar-refractivity contribution is 6.03. The van der Waals surface area contributed by atoms with Gasteiger partial charge in [-0.3, -0.25) is 4.40 Å². The van der Waals surface area contributed by atoms with Gasteiger partial charge >= 0.3 is 0 Å². The zero-order chi connectivity index (χ0) is 15.3. The lowest BCUT2D eigenvalue weighted by Gasteiger charge is -2.24. The topological polar surface area (TPSA) is 17.3 Å². The quantitative estimate of drug-likeness (QED) is 0.513. The summed E-state index contributed by atoms with van der Waals surface area (Å²) in [7, 11) is 6.71. The fourth-order valence-corrected chi connectivity index (χ4v) is 3.29. The maximum Gasteiger partial charge on any atom is 0.106 e. The fourth-order valence-electron chi connectivity index (χ4n) is 3.29. The number of fused-ring (bicyclic) bond motifs is 5. The minimum Gasteiger partial charge on any atom is -0.327 e. The lowest BCUT2D eigenvalue weighted by Crippen LogP contribution is -2.33. The maximum absolute atomic E-state index is 4.63. The summed E-state index contributed by atoms with van der Waals surface area (Å²) in [5.74, 6) is 0. The van der Waals surface area contributed by atoms with Crippen molar-refractivity contribution in [3.8, 4) is 0 Å². The van der Waals surface area contributed by atoms with Crippen LogP contribution < -0.4 is 0 Å². The lowest BCUT2D eigenvalue weighted by molar-refractivity contribution is -0.883. The summed E-state index contributed by atoms with van der Waals surface area (Å²) in [6.07, 6.45) is 1.96. The molecular weight excluding hydrogens is 270 g/mol. The Hall–Kier alpha value is -2.39. The van der Waals surface area contributed by atoms with Gasteiger partial charge in [0, 0.05) is 16.3 Å². The van der Waals surface area contributed by atoms with Crippen LogP contribution in [0.5, 0.6) is 0 Å². The highest BCUT2D eigenvalue weighted by Gasteiger charge is 2.19. The first kappa shape index (κ1) is 13.3. The van der Waals surface area contributed by atoms with Crippen LogP contribution in [-0.4, -0.2) is 35.0 Å². The number of rotatable bonds is 2. The molecule has 4 aromatic rings. The number of nitrogens with zero attached hydrogens (tertiary/aromatic N) is 3. The van der Waals surface area contributed by atoms with Crippen LogP contribution in [0, 0.1) is 0 Å². The van der Waals surface area contributed by atoms with Crippen molar-refractivity contribution in [1.29, 1.82) is 0 Å². The standard InChI is InChI=1S/C19H20N3/c1-22(2,3)12-16-14-8-5-7-11-18(14)21-13-20-17-10-6-4-9-15(17)19(16)21/h4-11,13H,12H2,1-3H3/q+1. The van der Waals surface area contributed by atoms with Crippen LogP contribution in [0.4, 0.5) is 0 Å². The summed E-state index contributed by atoms with van der Waals surface area (Å²) in [4.78, 5) is 4.63. The van der Waals surface area contributed by atoms with E-state index in [2.05, 4.69) is 73.0 Å². The molecule has 0 atom stereocenters. The number of hydrogen-bond donors (Lipinski definition) is 0. The minimum absolute atomic E-state index is 0.903. The predicted molar refractivity (Wildman–Crippen MR) is 91.9 cm³/mol. The first-order valence-electron chi connectivity index (χ1n) is 7.60. The predicted octanol–water partition coefficient (Wildman–Crippen LogP) is 3.85. The average Bonchev–Trinajstić information content (AvgIpc) is 2.81. The third-order valence-corrected chi connectivity index (χ3v) is 4.12. The summed E-state index contributed by atoms with van der Waals surface area (Å²) < 4.78 is 3.14. The number of para-hydroxylation sites is 2. The Labute approximate surface area is 130 Å². The monoisotopic (exact) mass is 290 g/mol. The molecule has 0 radical (unpaired) electrons. The molecule has 2 aromatic heterocycles. The molecule has 22 heavy (non-hydrogen) atoms. The minimum atomic E-state index is 0.903. The van der Waals surface area contributed by atoms with E-state index in [1.807, 2.05) is 12.4 Å². The van der Waals surface area contributed by atoms with Crippen LogP contribution in [-0.2, 0) is 6.54 Å². The van der Waals surface area contributed by atoms with Crippen molar-refractivity contribution in [2.24, 2.45) is 0 Å². The average molecular weight is 290 g/mol. The third-order valence-electron chi connectivity index (χ3n) is 4.12. The molecule has 0 saturated carbocycles. The second-order valence-electron chi connectivity index (χ2n) is 6.92. The van der Waals surface area contributed by atoms with Crippen molar-refractivity contribution < 1.29 is 4.48 Å². The molecule has 0 fully saturated rings. The van der Waals surface area contributed by atoms with E-state index in [0.717, 1.165) is 16.5 Å². The summed E-state index contributed by atoms with van der Waals surface area (Å²) >= 11 is 0. The van der Waals surface area contributed by atoms with Gasteiger partial charge < -0.3 is 4.48 Å². The van der Waals surface area contributed by atoms with Crippen molar-refractivity contribution in [3.05, 3.63) is 60.4 Å². The Bertz CT molecular complexity index is 990. The van der Waals surface area contributed by atoms with E-state index < -0.39 is 0 Å². The highest BCUT2D eigenvalue weighted by Crippen LogP contribution is 2.32. The van der Waals surface area contributed by atoms with E-state index in [-0.39, 0.29) is 0 Å². The molecule has 0 unspecified atom stereocenters. The van der Waals surface area contributed by atoms with E-state index in [4.69, 9.17) is 0 Å². The zero-order valence-electron chi connectivity index (χ0n) is 13.2. The molecule has 0 aliphatic rings. The molecule has 0 aliphatic heterocycles. The van der Waals surface area contributed by atoms with E-state index in [1.54, 1.807) is 0 Å². The summed E-state index contributed by atoms with van der Waals surface area (Å²) in [5.41, 5.74) is 4.99. The second kappa shape index (κ2) is 4.55. The molecule has 0 N–H and O–H groups in total. The normalized spacial score (nSPS) is 12.5. The maximum atomic E-state index is 4.63. The van der Waals surface area contributed by atoms with Crippen LogP contribution in [0.3, 0.4) is 0 Å². The summed E-state index contributed by atoms with van der Waals surface area (Å²) in [6.45, 7) is 0.991. The molecule has 2 heterocycles. The van der Waals surface area contributed by atoms with Gasteiger partial charge in [-0.2, -0.15) is 0 Å². The highest BCUT2D eigenvalue weighted by atomic mass is 15.3. The van der Waals surface area contributed by atoms with Gasteiger partial charge in [-0.15, -0.1) is 0 Å². The van der Waals surface area contributed by atoms with Crippen molar-refractivity contribution in [2.75, 3.05) is 21.1 Å². The Kier molecular flexibility index (Phi) is 2.75. The zero-order valence-corrected chi connectivity index (χ0v) is 13.2. The van der Waals surface area contributed by atoms with Gasteiger partial charge in [0.05, 0.1) is 37.7 Å². The van der Waals surface area contributed by atoms with Gasteiger partial charge in [-0.05, 0) is 12.1 Å². The van der Waals surface area contributed by atoms with Crippen molar-refractivity contribution in [2.45, 2.75) is 6.54 Å². The van der Waals surface area contributed by atoms with Gasteiger partial charge in [0.15, 0.2) is 0 Å². The van der Waals surface area contributed by atoms with E-state index >= 15 is 0 Å². The third kappa shape index (κ3) is 1.97. The van der Waals surface area contributed by atoms with Crippen molar-refractivity contribution in [3.63, 3.8) is 0 Å². The SMILES string of the molecule is C[N+](C)(C)Cc1c2ccccc2n2cnc3ccccc3c12. The molecule has 3 heteroatoms. The molecule has 110 valence electrons. The Morgan fingerprint density at radius 1 is 0.909 bits per heavy atom. The molecule has 0 aliphatic carbocycles. The Morgan fingerprint density at radius 3 is 2.36 bits per heavy atom. The first-order chi connectivity index (χ1) is 10.5. The summed E-state index contributed by atoms with van der Waals surface area (Å²) in [5, 5.41) is 2.55. The molecule has 0 spiro atoms. The van der Waals surface area contributed by atoms with Crippen molar-refractivity contribution >= 4 is 27.3 Å². The van der Waals surface area contributed by atoms with E-state index in [0.29, 0.717) is 0 Å². The van der Waals surface area contributed by atoms with Crippen LogP contribution >= 0.6 is 0 Å². The molecule has 0 bridgehead atoms. The molecular formula is C19H20N3+. The fraction of sp³-hybridized carbons (Fsp3) is 0.211. The van der Waals surface area contributed by atoms with Crippen LogP contribution in [0.2, 0.25) is 0 Å². The van der Waals surface area contributed by atoms with Gasteiger partial charge in [0.2, 0.25) is 0 Å². The second-order valence-corrected chi connectivity index (χ2v) is 6.92. The van der Waals surface area contributed by atoms with E-state index in [1.165, 1.54) is 27.4 Å². The largest absolute Gasteiger partial charge is 0.327 e.